The van der Waals surface area contributed by atoms with Crippen LogP contribution in [0.15, 0.2) is 54.6 Å². The van der Waals surface area contributed by atoms with E-state index >= 15 is 0 Å². The van der Waals surface area contributed by atoms with E-state index in [1.807, 2.05) is 26.0 Å². The molecule has 42 heavy (non-hydrogen) atoms. The number of hydroxylamine groups is 1. The van der Waals surface area contributed by atoms with Gasteiger partial charge in [0, 0.05) is 30.9 Å². The van der Waals surface area contributed by atoms with Crippen molar-refractivity contribution in [1.29, 1.82) is 0 Å². The fraction of sp³-hybridized carbons (Fsp3) is 0.367. The zero-order chi connectivity index (χ0) is 30.8. The molecular formula is C30H37FN4O6S. The Hall–Kier alpha value is -3.71. The smallest absolute Gasteiger partial charge is 0.245 e. The Labute approximate surface area is 247 Å². The number of benzene rings is 2. The highest BCUT2D eigenvalue weighted by Gasteiger charge is 2.21. The van der Waals surface area contributed by atoms with Crippen molar-refractivity contribution < 1.29 is 33.2 Å². The minimum Gasteiger partial charge on any atom is -0.497 e. The van der Waals surface area contributed by atoms with Gasteiger partial charge < -0.3 is 14.6 Å². The van der Waals surface area contributed by atoms with Crippen molar-refractivity contribution in [3.63, 3.8) is 0 Å². The molecular weight excluding hydrogens is 563 g/mol. The number of anilines is 1. The average Bonchev–Trinajstić information content (AvgIpc) is 2.98. The molecule has 0 fully saturated rings. The predicted molar refractivity (Wildman–Crippen MR) is 160 cm³/mol. The maximum absolute atomic E-state index is 13.7. The van der Waals surface area contributed by atoms with Crippen molar-refractivity contribution in [2.24, 2.45) is 0 Å². The number of aliphatic hydroxyl groups is 1. The van der Waals surface area contributed by atoms with E-state index in [0.29, 0.717) is 28.3 Å². The molecule has 3 N–H and O–H groups in total. The van der Waals surface area contributed by atoms with E-state index in [4.69, 9.17) is 14.7 Å². The Morgan fingerprint density at radius 3 is 2.38 bits per heavy atom. The number of halogens is 1. The second-order valence-corrected chi connectivity index (χ2v) is 11.3. The summed E-state index contributed by atoms with van der Waals surface area (Å²) in [5.41, 5.74) is 4.81. The molecule has 0 aliphatic rings. The Morgan fingerprint density at radius 2 is 1.81 bits per heavy atom. The molecule has 0 radical (unpaired) electrons. The Bertz CT molecular complexity index is 1390. The van der Waals surface area contributed by atoms with Crippen molar-refractivity contribution in [3.8, 4) is 17.0 Å². The minimum absolute atomic E-state index is 0.0550. The molecule has 0 aliphatic heterocycles. The third-order valence-corrected chi connectivity index (χ3v) is 7.40. The van der Waals surface area contributed by atoms with E-state index in [9.17, 15) is 18.5 Å². The molecule has 3 unspecified atom stereocenters. The summed E-state index contributed by atoms with van der Waals surface area (Å²) in [6, 6.07) is 13.1. The third-order valence-electron chi connectivity index (χ3n) is 6.47. The van der Waals surface area contributed by atoms with Gasteiger partial charge in [0.1, 0.15) is 22.6 Å². The average molecular weight is 601 g/mol. The number of hydrogen-bond donors (Lipinski definition) is 3. The van der Waals surface area contributed by atoms with Gasteiger partial charge in [-0.1, -0.05) is 38.1 Å². The Kier molecular flexibility index (Phi) is 12.1. The van der Waals surface area contributed by atoms with Crippen molar-refractivity contribution in [2.75, 3.05) is 24.7 Å². The van der Waals surface area contributed by atoms with E-state index in [1.165, 1.54) is 22.7 Å². The highest BCUT2D eigenvalue weighted by molar-refractivity contribution is 7.85. The summed E-state index contributed by atoms with van der Waals surface area (Å²) in [6.45, 7) is 4.08. The molecule has 1 heterocycles. The summed E-state index contributed by atoms with van der Waals surface area (Å²) in [5, 5.41) is 20.0. The van der Waals surface area contributed by atoms with Crippen LogP contribution in [0.25, 0.3) is 17.3 Å². The van der Waals surface area contributed by atoms with E-state index < -0.39 is 34.9 Å². The van der Waals surface area contributed by atoms with Crippen molar-refractivity contribution in [1.82, 2.24) is 15.4 Å². The van der Waals surface area contributed by atoms with Crippen LogP contribution < -0.4 is 14.5 Å². The van der Waals surface area contributed by atoms with E-state index in [2.05, 4.69) is 9.97 Å². The van der Waals surface area contributed by atoms with Crippen LogP contribution >= 0.6 is 0 Å². The second kappa shape index (κ2) is 15.5. The van der Waals surface area contributed by atoms with E-state index in [-0.39, 0.29) is 31.3 Å². The lowest BCUT2D eigenvalue weighted by atomic mass is 9.97. The van der Waals surface area contributed by atoms with Gasteiger partial charge in [-0.15, -0.1) is 0 Å². The molecule has 0 bridgehead atoms. The standard InChI is InChI=1S/C30H37FN4O6S/c1-19(2)28-26(29(21-8-10-22(31)11-9-21)33-30(32-28)35(3)42(5)39)15-12-23(36)16-25(17-27(37)34-38)41-18-20-6-13-24(40-4)14-7-20/h6-15,19,23,25,36,38H,16-18H2,1-5H3,(H,34,37)/b15-12+. The van der Waals surface area contributed by atoms with Crippen LogP contribution in [-0.4, -0.2) is 63.0 Å². The number of hydrogen-bond acceptors (Lipinski definition) is 8. The lowest BCUT2D eigenvalue weighted by molar-refractivity contribution is -0.133. The van der Waals surface area contributed by atoms with Crippen LogP contribution in [0.5, 0.6) is 5.75 Å². The number of aromatic nitrogens is 2. The number of amides is 1. The van der Waals surface area contributed by atoms with Crippen LogP contribution in [0.1, 0.15) is 49.4 Å². The molecule has 2 aromatic carbocycles. The number of nitrogens with one attached hydrogen (secondary N) is 1. The van der Waals surface area contributed by atoms with Gasteiger partial charge in [-0.2, -0.15) is 0 Å². The highest BCUT2D eigenvalue weighted by Crippen LogP contribution is 2.31. The van der Waals surface area contributed by atoms with Gasteiger partial charge in [0.15, 0.2) is 0 Å². The van der Waals surface area contributed by atoms with Crippen molar-refractivity contribution >= 4 is 28.9 Å². The second-order valence-electron chi connectivity index (χ2n) is 9.94. The number of methoxy groups -OCH3 is 1. The topological polar surface area (TPSA) is 134 Å². The summed E-state index contributed by atoms with van der Waals surface area (Å²) in [7, 11) is 1.82. The summed E-state index contributed by atoms with van der Waals surface area (Å²) in [5.74, 6) is -0.172. The summed E-state index contributed by atoms with van der Waals surface area (Å²) < 4.78 is 38.5. The van der Waals surface area contributed by atoms with Gasteiger partial charge in [0.2, 0.25) is 11.9 Å². The quantitative estimate of drug-likeness (QED) is 0.183. The van der Waals surface area contributed by atoms with Gasteiger partial charge in [-0.3, -0.25) is 14.3 Å². The maximum atomic E-state index is 13.7. The molecule has 1 aromatic heterocycles. The monoisotopic (exact) mass is 600 g/mol. The molecule has 1 amide bonds. The molecule has 226 valence electrons. The van der Waals surface area contributed by atoms with Crippen LogP contribution in [0.4, 0.5) is 10.3 Å². The molecule has 0 saturated carbocycles. The first-order chi connectivity index (χ1) is 20.0. The highest BCUT2D eigenvalue weighted by atomic mass is 32.2. The third kappa shape index (κ3) is 9.15. The Balaban J connectivity index is 1.91. The zero-order valence-electron chi connectivity index (χ0n) is 24.3. The molecule has 0 aliphatic carbocycles. The molecule has 0 saturated heterocycles. The number of rotatable bonds is 14. The van der Waals surface area contributed by atoms with Gasteiger partial charge in [0.25, 0.3) is 0 Å². The normalized spacial score (nSPS) is 13.6. The maximum Gasteiger partial charge on any atom is 0.245 e. The lowest BCUT2D eigenvalue weighted by Crippen LogP contribution is -2.28. The van der Waals surface area contributed by atoms with Gasteiger partial charge in [-0.05, 0) is 47.9 Å². The first-order valence-electron chi connectivity index (χ1n) is 13.3. The fourth-order valence-electron chi connectivity index (χ4n) is 4.12. The molecule has 3 aromatic rings. The van der Waals surface area contributed by atoms with Crippen molar-refractivity contribution in [3.05, 3.63) is 77.2 Å². The molecule has 3 rings (SSSR count). The van der Waals surface area contributed by atoms with Gasteiger partial charge in [0.05, 0.1) is 43.7 Å². The summed E-state index contributed by atoms with van der Waals surface area (Å²) in [4.78, 5) is 21.2. The Morgan fingerprint density at radius 1 is 1.14 bits per heavy atom. The molecule has 10 nitrogen and oxygen atoms in total. The van der Waals surface area contributed by atoms with Gasteiger partial charge >= 0.3 is 0 Å². The number of aliphatic hydroxyl groups excluding tert-OH is 1. The first-order valence-corrected chi connectivity index (χ1v) is 14.8. The van der Waals surface area contributed by atoms with E-state index in [0.717, 1.165) is 5.56 Å². The first kappa shape index (κ1) is 32.8. The van der Waals surface area contributed by atoms with Crippen LogP contribution in [-0.2, 0) is 27.1 Å². The number of carbonyl (C=O) groups excluding carboxylic acids is 1. The molecule has 12 heteroatoms. The summed E-state index contributed by atoms with van der Waals surface area (Å²) in [6.07, 6.45) is 2.89. The van der Waals surface area contributed by atoms with Gasteiger partial charge in [-0.25, -0.2) is 24.0 Å². The number of carbonyl (C=O) groups is 1. The SMILES string of the molecule is COc1ccc(COC(CC(=O)NO)CC(O)/C=C/c2c(-c3ccc(F)cc3)nc(N(C)S(C)=O)nc2C(C)C)cc1. The van der Waals surface area contributed by atoms with Crippen molar-refractivity contribution in [2.45, 2.75) is 51.4 Å². The number of ether oxygens (including phenoxy) is 2. The zero-order valence-corrected chi connectivity index (χ0v) is 25.1. The van der Waals surface area contributed by atoms with Crippen LogP contribution in [0.3, 0.4) is 0 Å². The largest absolute Gasteiger partial charge is 0.497 e. The fourth-order valence-corrected chi connectivity index (χ4v) is 4.43. The van der Waals surface area contributed by atoms with Crippen LogP contribution in [0.2, 0.25) is 0 Å². The lowest BCUT2D eigenvalue weighted by Gasteiger charge is -2.21. The molecule has 3 atom stereocenters. The van der Waals surface area contributed by atoms with Crippen LogP contribution in [0, 0.1) is 5.82 Å². The van der Waals surface area contributed by atoms with E-state index in [1.54, 1.807) is 56.1 Å². The molecule has 0 spiro atoms. The minimum atomic E-state index is -1.38. The predicted octanol–water partition coefficient (Wildman–Crippen LogP) is 4.39. The number of nitrogens with zero attached hydrogens (tertiary/aromatic N) is 3. The summed E-state index contributed by atoms with van der Waals surface area (Å²) >= 11 is 0.